The van der Waals surface area contributed by atoms with Crippen molar-refractivity contribution in [3.05, 3.63) is 65.2 Å². The fraction of sp³-hybridized carbons (Fsp3) is 0.125. The molecular weight excluding hydrogens is 224 g/mol. The van der Waals surface area contributed by atoms with Crippen LogP contribution >= 0.6 is 0 Å². The largest absolute Gasteiger partial charge is 0.386 e. The summed E-state index contributed by atoms with van der Waals surface area (Å²) < 4.78 is 0. The van der Waals surface area contributed by atoms with Crippen molar-refractivity contribution in [2.24, 2.45) is 0 Å². The monoisotopic (exact) mass is 236 g/mol. The number of hydrogen-bond acceptors (Lipinski definition) is 2. The Morgan fingerprint density at radius 2 is 1.50 bits per heavy atom. The first-order chi connectivity index (χ1) is 8.77. The third-order valence-electron chi connectivity index (χ3n) is 3.85. The van der Waals surface area contributed by atoms with Crippen molar-refractivity contribution in [1.82, 2.24) is 0 Å². The second-order valence-electron chi connectivity index (χ2n) is 4.83. The van der Waals surface area contributed by atoms with Crippen molar-refractivity contribution in [2.45, 2.75) is 12.2 Å². The molecule has 0 spiro atoms. The number of aliphatic hydroxyl groups excluding tert-OH is 2. The van der Waals surface area contributed by atoms with Crippen molar-refractivity contribution in [1.29, 1.82) is 0 Å². The Kier molecular flexibility index (Phi) is 1.85. The van der Waals surface area contributed by atoms with Crippen LogP contribution in [-0.4, -0.2) is 16.3 Å². The average Bonchev–Trinajstić information content (AvgIpc) is 2.72. The van der Waals surface area contributed by atoms with Gasteiger partial charge in [-0.3, -0.25) is 0 Å². The summed E-state index contributed by atoms with van der Waals surface area (Å²) in [5.74, 6) is 0. The Bertz CT molecular complexity index is 685. The van der Waals surface area contributed by atoms with Crippen molar-refractivity contribution in [2.75, 3.05) is 0 Å². The molecule has 2 atom stereocenters. The van der Waals surface area contributed by atoms with Gasteiger partial charge in [-0.15, -0.1) is 0 Å². The van der Waals surface area contributed by atoms with Crippen LogP contribution in [0.2, 0.25) is 0 Å². The predicted molar refractivity (Wildman–Crippen MR) is 69.9 cm³/mol. The second kappa shape index (κ2) is 3.31. The van der Waals surface area contributed by atoms with Crippen LogP contribution in [0.25, 0.3) is 16.7 Å². The van der Waals surface area contributed by atoms with E-state index in [9.17, 15) is 10.2 Å². The third kappa shape index (κ3) is 1.09. The maximum Gasteiger partial charge on any atom is 0.109 e. The Morgan fingerprint density at radius 1 is 0.778 bits per heavy atom. The molecule has 0 aromatic heterocycles. The smallest absolute Gasteiger partial charge is 0.109 e. The van der Waals surface area contributed by atoms with Crippen molar-refractivity contribution in [3.63, 3.8) is 0 Å². The van der Waals surface area contributed by atoms with Crippen LogP contribution in [0.4, 0.5) is 0 Å². The van der Waals surface area contributed by atoms with E-state index in [-0.39, 0.29) is 0 Å². The van der Waals surface area contributed by atoms with Gasteiger partial charge in [0, 0.05) is 0 Å². The molecule has 2 aromatic rings. The SMILES string of the molecule is O[C@@H]1C=C2c3ccccc3-c3cccc(c32)[C@H]1O. The molecule has 0 aliphatic heterocycles. The minimum atomic E-state index is -0.825. The Morgan fingerprint density at radius 3 is 2.33 bits per heavy atom. The zero-order valence-electron chi connectivity index (χ0n) is 9.67. The molecule has 0 heterocycles. The lowest BCUT2D eigenvalue weighted by atomic mass is 9.87. The molecule has 88 valence electrons. The number of aliphatic hydroxyl groups is 2. The lowest BCUT2D eigenvalue weighted by Crippen LogP contribution is -2.20. The van der Waals surface area contributed by atoms with E-state index in [1.807, 2.05) is 24.3 Å². The molecule has 0 unspecified atom stereocenters. The van der Waals surface area contributed by atoms with Gasteiger partial charge in [0.1, 0.15) is 12.2 Å². The van der Waals surface area contributed by atoms with E-state index in [1.165, 1.54) is 5.56 Å². The van der Waals surface area contributed by atoms with Crippen molar-refractivity contribution in [3.8, 4) is 11.1 Å². The fourth-order valence-electron chi connectivity index (χ4n) is 3.05. The molecule has 0 fully saturated rings. The van der Waals surface area contributed by atoms with Gasteiger partial charge in [0.2, 0.25) is 0 Å². The quantitative estimate of drug-likeness (QED) is 0.629. The molecule has 0 amide bonds. The third-order valence-corrected chi connectivity index (χ3v) is 3.85. The number of fused-ring (bicyclic) bond motifs is 3. The molecule has 2 N–H and O–H groups in total. The van der Waals surface area contributed by atoms with Crippen molar-refractivity contribution >= 4 is 5.57 Å². The summed E-state index contributed by atoms with van der Waals surface area (Å²) >= 11 is 0. The van der Waals surface area contributed by atoms with Gasteiger partial charge < -0.3 is 10.2 Å². The zero-order chi connectivity index (χ0) is 12.3. The standard InChI is InChI=1S/C16H12O2/c17-14-8-13-10-5-2-1-4-9(10)11-6-3-7-12(15(11)13)16(14)18/h1-8,14,16-18H/t14-,16-/m1/s1. The molecule has 0 saturated carbocycles. The van der Waals surface area contributed by atoms with E-state index in [4.69, 9.17) is 0 Å². The van der Waals surface area contributed by atoms with Gasteiger partial charge in [-0.05, 0) is 39.5 Å². The van der Waals surface area contributed by atoms with Crippen LogP contribution in [-0.2, 0) is 0 Å². The fourth-order valence-corrected chi connectivity index (χ4v) is 3.05. The molecular formula is C16H12O2. The minimum absolute atomic E-state index is 0.821. The van der Waals surface area contributed by atoms with E-state index in [2.05, 4.69) is 18.2 Å². The average molecular weight is 236 g/mol. The van der Waals surface area contributed by atoms with E-state index in [1.54, 1.807) is 6.08 Å². The molecule has 2 aromatic carbocycles. The predicted octanol–water partition coefficient (Wildman–Crippen LogP) is 2.51. The summed E-state index contributed by atoms with van der Waals surface area (Å²) in [7, 11) is 0. The molecule has 0 saturated heterocycles. The Labute approximate surface area is 105 Å². The van der Waals surface area contributed by atoms with Gasteiger partial charge in [-0.2, -0.15) is 0 Å². The summed E-state index contributed by atoms with van der Waals surface area (Å²) in [6.45, 7) is 0. The summed E-state index contributed by atoms with van der Waals surface area (Å²) in [6, 6.07) is 14.1. The topological polar surface area (TPSA) is 40.5 Å². The Hall–Kier alpha value is -1.90. The van der Waals surface area contributed by atoms with E-state index in [0.29, 0.717) is 0 Å². The summed E-state index contributed by atoms with van der Waals surface area (Å²) in [6.07, 6.45) is 0.120. The summed E-state index contributed by atoms with van der Waals surface area (Å²) in [5, 5.41) is 20.0. The van der Waals surface area contributed by atoms with E-state index in [0.717, 1.165) is 27.8 Å². The lowest BCUT2D eigenvalue weighted by molar-refractivity contribution is 0.0467. The molecule has 0 bridgehead atoms. The van der Waals surface area contributed by atoms with Crippen LogP contribution in [0.15, 0.2) is 48.5 Å². The van der Waals surface area contributed by atoms with Gasteiger partial charge >= 0.3 is 0 Å². The maximum atomic E-state index is 10.1. The van der Waals surface area contributed by atoms with Crippen LogP contribution < -0.4 is 0 Å². The van der Waals surface area contributed by atoms with Crippen LogP contribution in [0.3, 0.4) is 0 Å². The highest BCUT2D eigenvalue weighted by Crippen LogP contribution is 2.49. The van der Waals surface area contributed by atoms with Crippen LogP contribution in [0.5, 0.6) is 0 Å². The van der Waals surface area contributed by atoms with Crippen LogP contribution in [0.1, 0.15) is 22.8 Å². The summed E-state index contributed by atoms with van der Waals surface area (Å²) in [5.41, 5.74) is 6.44. The van der Waals surface area contributed by atoms with Gasteiger partial charge in [0.15, 0.2) is 0 Å². The highest BCUT2D eigenvalue weighted by molar-refractivity contribution is 6.03. The first kappa shape index (κ1) is 10.1. The minimum Gasteiger partial charge on any atom is -0.386 e. The molecule has 2 nitrogen and oxygen atoms in total. The van der Waals surface area contributed by atoms with E-state index < -0.39 is 12.2 Å². The van der Waals surface area contributed by atoms with E-state index >= 15 is 0 Å². The van der Waals surface area contributed by atoms with Gasteiger partial charge in [-0.25, -0.2) is 0 Å². The Balaban J connectivity index is 2.14. The van der Waals surface area contributed by atoms with Gasteiger partial charge in [0.05, 0.1) is 0 Å². The first-order valence-corrected chi connectivity index (χ1v) is 6.08. The molecule has 2 heteroatoms. The molecule has 2 aliphatic carbocycles. The zero-order valence-corrected chi connectivity index (χ0v) is 9.67. The number of benzene rings is 2. The first-order valence-electron chi connectivity index (χ1n) is 6.08. The van der Waals surface area contributed by atoms with Gasteiger partial charge in [0.25, 0.3) is 0 Å². The number of rotatable bonds is 0. The molecule has 4 rings (SSSR count). The lowest BCUT2D eigenvalue weighted by Gasteiger charge is -2.24. The highest BCUT2D eigenvalue weighted by Gasteiger charge is 2.33. The molecule has 0 radical (unpaired) electrons. The summed E-state index contributed by atoms with van der Waals surface area (Å²) in [4.78, 5) is 0. The van der Waals surface area contributed by atoms with Gasteiger partial charge in [-0.1, -0.05) is 42.5 Å². The molecule has 2 aliphatic rings. The normalized spacial score (nSPS) is 23.3. The van der Waals surface area contributed by atoms with Crippen LogP contribution in [0, 0.1) is 0 Å². The molecule has 18 heavy (non-hydrogen) atoms. The number of hydrogen-bond donors (Lipinski definition) is 2. The second-order valence-corrected chi connectivity index (χ2v) is 4.83. The maximum absolute atomic E-state index is 10.1. The highest BCUT2D eigenvalue weighted by atomic mass is 16.3. The van der Waals surface area contributed by atoms with Crippen molar-refractivity contribution < 1.29 is 10.2 Å².